The number of nitrogens with zero attached hydrogens (tertiary/aromatic N) is 1. The molecule has 2 aliphatic rings. The molecule has 10 nitrogen and oxygen atoms in total. The van der Waals surface area contributed by atoms with Crippen molar-refractivity contribution in [2.45, 2.75) is 42.2 Å². The fourth-order valence-corrected chi connectivity index (χ4v) is 5.70. The summed E-state index contributed by atoms with van der Waals surface area (Å²) in [5, 5.41) is 14.0. The summed E-state index contributed by atoms with van der Waals surface area (Å²) < 4.78 is 47.3. The minimum atomic E-state index is -4.16. The zero-order chi connectivity index (χ0) is 24.5. The van der Waals surface area contributed by atoms with Gasteiger partial charge in [0.05, 0.1) is 29.2 Å². The lowest BCUT2D eigenvalue weighted by atomic mass is 9.98. The number of benzene rings is 2. The van der Waals surface area contributed by atoms with Crippen LogP contribution in [0.5, 0.6) is 5.75 Å². The summed E-state index contributed by atoms with van der Waals surface area (Å²) in [4.78, 5) is 23.5. The Morgan fingerprint density at radius 1 is 1.18 bits per heavy atom. The number of rotatable bonds is 6. The maximum atomic E-state index is 13.4. The summed E-state index contributed by atoms with van der Waals surface area (Å²) >= 11 is 0. The van der Waals surface area contributed by atoms with Crippen LogP contribution in [0.25, 0.3) is 0 Å². The van der Waals surface area contributed by atoms with Crippen molar-refractivity contribution in [1.29, 1.82) is 0 Å². The van der Waals surface area contributed by atoms with Gasteiger partial charge in [-0.25, -0.2) is 17.6 Å². The molecular formula is C22H25FN4O6S. The molecule has 1 saturated carbocycles. The minimum Gasteiger partial charge on any atom is -0.484 e. The van der Waals surface area contributed by atoms with E-state index in [2.05, 4.69) is 10.6 Å². The Labute approximate surface area is 195 Å². The third-order valence-electron chi connectivity index (χ3n) is 5.98. The number of sulfonamides is 1. The molecule has 1 aliphatic carbocycles. The molecule has 34 heavy (non-hydrogen) atoms. The zero-order valence-electron chi connectivity index (χ0n) is 18.2. The Balaban J connectivity index is 1.63. The molecule has 1 atom stereocenters. The van der Waals surface area contributed by atoms with Gasteiger partial charge in [0.1, 0.15) is 17.7 Å². The van der Waals surface area contributed by atoms with Crippen molar-refractivity contribution in [2.24, 2.45) is 5.73 Å². The van der Waals surface area contributed by atoms with Crippen molar-refractivity contribution in [3.8, 4) is 5.75 Å². The summed E-state index contributed by atoms with van der Waals surface area (Å²) in [6.45, 7) is -0.150. The fourth-order valence-electron chi connectivity index (χ4n) is 4.20. The van der Waals surface area contributed by atoms with Crippen LogP contribution in [0.1, 0.15) is 25.7 Å². The highest BCUT2D eigenvalue weighted by molar-refractivity contribution is 7.92. The Morgan fingerprint density at radius 2 is 1.85 bits per heavy atom. The van der Waals surface area contributed by atoms with E-state index in [1.54, 1.807) is 0 Å². The Kier molecular flexibility index (Phi) is 6.36. The number of fused-ring (bicyclic) bond motifs is 1. The molecule has 0 aromatic heterocycles. The van der Waals surface area contributed by atoms with Crippen LogP contribution in [0, 0.1) is 5.82 Å². The molecule has 1 aliphatic heterocycles. The molecule has 5 N–H and O–H groups in total. The van der Waals surface area contributed by atoms with Gasteiger partial charge in [0.25, 0.3) is 10.0 Å². The first-order valence-corrected chi connectivity index (χ1v) is 12.2. The summed E-state index contributed by atoms with van der Waals surface area (Å²) in [6, 6.07) is 8.59. The average Bonchev–Trinajstić information content (AvgIpc) is 3.24. The Morgan fingerprint density at radius 3 is 2.50 bits per heavy atom. The van der Waals surface area contributed by atoms with E-state index in [0.717, 1.165) is 41.4 Å². The maximum absolute atomic E-state index is 13.4. The standard InChI is InChI=1S/C22H25FN4O6S/c23-14-3-6-17(7-4-14)34(31,32)27-13-16(12-25-20(28)22(24)9-1-2-10-22)33-19-8-5-15(11-18(19)27)26-21(29)30/h3-8,11,16,26H,1-2,9-10,12-13,24H2,(H,25,28)(H,29,30). The van der Waals surface area contributed by atoms with Gasteiger partial charge in [-0.2, -0.15) is 0 Å². The second-order valence-corrected chi connectivity index (χ2v) is 10.3. The topological polar surface area (TPSA) is 151 Å². The smallest absolute Gasteiger partial charge is 0.409 e. The second-order valence-electron chi connectivity index (χ2n) is 8.42. The number of halogens is 1. The van der Waals surface area contributed by atoms with Gasteiger partial charge in [-0.3, -0.25) is 14.4 Å². The van der Waals surface area contributed by atoms with Crippen molar-refractivity contribution in [2.75, 3.05) is 22.7 Å². The second kappa shape index (κ2) is 9.11. The molecule has 2 aromatic carbocycles. The molecule has 12 heteroatoms. The number of carbonyl (C=O) groups excluding carboxylic acids is 1. The lowest BCUT2D eigenvalue weighted by molar-refractivity contribution is -0.126. The molecule has 182 valence electrons. The number of carboxylic acid groups (broad SMARTS) is 1. The maximum Gasteiger partial charge on any atom is 0.409 e. The lowest BCUT2D eigenvalue weighted by Gasteiger charge is -2.36. The number of nitrogens with one attached hydrogen (secondary N) is 2. The van der Waals surface area contributed by atoms with Crippen molar-refractivity contribution in [3.05, 3.63) is 48.3 Å². The number of hydrogen-bond acceptors (Lipinski definition) is 6. The fraction of sp³-hybridized carbons (Fsp3) is 0.364. The first-order chi connectivity index (χ1) is 16.1. The van der Waals surface area contributed by atoms with Gasteiger partial charge in [0, 0.05) is 5.69 Å². The van der Waals surface area contributed by atoms with E-state index in [1.165, 1.54) is 18.2 Å². The number of hydrogen-bond donors (Lipinski definition) is 4. The van der Waals surface area contributed by atoms with E-state index < -0.39 is 33.6 Å². The Hall–Kier alpha value is -3.38. The molecule has 0 bridgehead atoms. The van der Waals surface area contributed by atoms with Crippen LogP contribution < -0.4 is 25.4 Å². The monoisotopic (exact) mass is 492 g/mol. The van der Waals surface area contributed by atoms with Crippen molar-refractivity contribution < 1.29 is 32.2 Å². The number of anilines is 2. The molecule has 4 rings (SSSR count). The van der Waals surface area contributed by atoms with E-state index in [0.29, 0.717) is 12.8 Å². The van der Waals surface area contributed by atoms with Gasteiger partial charge < -0.3 is 20.9 Å². The first-order valence-electron chi connectivity index (χ1n) is 10.7. The van der Waals surface area contributed by atoms with E-state index >= 15 is 0 Å². The van der Waals surface area contributed by atoms with Gasteiger partial charge >= 0.3 is 6.09 Å². The van der Waals surface area contributed by atoms with Gasteiger partial charge in [-0.05, 0) is 55.3 Å². The van der Waals surface area contributed by atoms with E-state index in [9.17, 15) is 22.4 Å². The summed E-state index contributed by atoms with van der Waals surface area (Å²) in [7, 11) is -4.16. The van der Waals surface area contributed by atoms with Gasteiger partial charge in [0.15, 0.2) is 0 Å². The van der Waals surface area contributed by atoms with Crippen molar-refractivity contribution in [3.63, 3.8) is 0 Å². The predicted molar refractivity (Wildman–Crippen MR) is 122 cm³/mol. The largest absolute Gasteiger partial charge is 0.484 e. The highest BCUT2D eigenvalue weighted by Crippen LogP contribution is 2.39. The van der Waals surface area contributed by atoms with Crippen LogP contribution in [0.15, 0.2) is 47.4 Å². The van der Waals surface area contributed by atoms with Gasteiger partial charge in [-0.1, -0.05) is 12.8 Å². The number of nitrogens with two attached hydrogens (primary N) is 1. The van der Waals surface area contributed by atoms with Crippen LogP contribution in [-0.4, -0.2) is 50.3 Å². The van der Waals surface area contributed by atoms with Gasteiger partial charge in [-0.15, -0.1) is 0 Å². The average molecular weight is 493 g/mol. The summed E-state index contributed by atoms with van der Waals surface area (Å²) in [5.41, 5.74) is 5.51. The van der Waals surface area contributed by atoms with E-state index in [-0.39, 0.29) is 41.0 Å². The quantitative estimate of drug-likeness (QED) is 0.483. The molecule has 2 aromatic rings. The van der Waals surface area contributed by atoms with Gasteiger partial charge in [0.2, 0.25) is 5.91 Å². The third-order valence-corrected chi connectivity index (χ3v) is 7.78. The van der Waals surface area contributed by atoms with Crippen LogP contribution in [-0.2, 0) is 14.8 Å². The zero-order valence-corrected chi connectivity index (χ0v) is 19.0. The Bertz CT molecular complexity index is 1200. The molecule has 0 spiro atoms. The summed E-state index contributed by atoms with van der Waals surface area (Å²) in [5.74, 6) is -0.707. The molecule has 0 saturated heterocycles. The molecule has 1 fully saturated rings. The lowest BCUT2D eigenvalue weighted by Crippen LogP contribution is -2.55. The highest BCUT2D eigenvalue weighted by Gasteiger charge is 2.39. The van der Waals surface area contributed by atoms with Crippen LogP contribution >= 0.6 is 0 Å². The van der Waals surface area contributed by atoms with Crippen LogP contribution in [0.4, 0.5) is 20.6 Å². The number of ether oxygens (including phenoxy) is 1. The molecule has 0 radical (unpaired) electrons. The normalized spacial score (nSPS) is 19.1. The molecular weight excluding hydrogens is 467 g/mol. The summed E-state index contributed by atoms with van der Waals surface area (Å²) in [6.07, 6.45) is 0.846. The third kappa shape index (κ3) is 4.77. The van der Waals surface area contributed by atoms with Crippen LogP contribution in [0.3, 0.4) is 0 Å². The van der Waals surface area contributed by atoms with Crippen molar-refractivity contribution >= 4 is 33.4 Å². The van der Waals surface area contributed by atoms with E-state index in [1.807, 2.05) is 0 Å². The number of amides is 2. The number of carbonyl (C=O) groups is 2. The SMILES string of the molecule is NC1(C(=O)NCC2CN(S(=O)(=O)c3ccc(F)cc3)c3cc(NC(=O)O)ccc3O2)CCCC1. The first kappa shape index (κ1) is 23.8. The predicted octanol–water partition coefficient (Wildman–Crippen LogP) is 2.26. The van der Waals surface area contributed by atoms with Crippen molar-refractivity contribution in [1.82, 2.24) is 5.32 Å². The van der Waals surface area contributed by atoms with E-state index in [4.69, 9.17) is 15.6 Å². The molecule has 1 heterocycles. The highest BCUT2D eigenvalue weighted by atomic mass is 32.2. The van der Waals surface area contributed by atoms with Crippen LogP contribution in [0.2, 0.25) is 0 Å². The minimum absolute atomic E-state index is 0.0157. The molecule has 2 amide bonds. The molecule has 1 unspecified atom stereocenters.